The Balaban J connectivity index is 0.000000162. The van der Waals surface area contributed by atoms with E-state index in [9.17, 15) is 43.2 Å². The molecule has 6 N–H and O–H groups in total. The molecule has 1 unspecified atom stereocenters. The van der Waals surface area contributed by atoms with Crippen molar-refractivity contribution in [2.24, 2.45) is 0 Å². The molecule has 3 atom stereocenters. The third-order valence-electron chi connectivity index (χ3n) is 12.7. The first-order chi connectivity index (χ1) is 32.9. The van der Waals surface area contributed by atoms with Crippen molar-refractivity contribution in [1.82, 2.24) is 51.7 Å². The standard InChI is InChI=1S/C24H20N6O7.C22H18N4O6/c1-23(19(32)26-21(34)28-23)13-5-12-6-16(37-17(12)25-8-13)24(20(33)27-22(35)29-24)10-30-9-11-3-4-14(36-2)7-15(11)18(30)31;1-11(27)14-5-13-6-17(32-18(13)23-8-14)22(20(29)24-21(30)25-22)10-26-9-12-3-4-15(31-2)7-16(12)19(26)28/h3-8H,9-10H2,1-2H3,(H2,26,28,32,34)(H2,27,29,33,35);3-8H,9-10H2,1-2H3,(H2,24,25,29,30)/t23?,24-;22-/m00/s1. The fourth-order valence-corrected chi connectivity index (χ4v) is 8.97. The van der Waals surface area contributed by atoms with Crippen LogP contribution in [-0.2, 0) is 44.1 Å². The van der Waals surface area contributed by atoms with Gasteiger partial charge in [0, 0.05) is 58.5 Å². The number of amides is 11. The summed E-state index contributed by atoms with van der Waals surface area (Å²) in [6.45, 7) is 3.08. The van der Waals surface area contributed by atoms with Crippen LogP contribution in [0.3, 0.4) is 0 Å². The molecule has 350 valence electrons. The summed E-state index contributed by atoms with van der Waals surface area (Å²) in [4.78, 5) is 124. The molecule has 23 nitrogen and oxygen atoms in total. The number of carbonyl (C=O) groups excluding carboxylic acids is 9. The van der Waals surface area contributed by atoms with Crippen LogP contribution in [0.15, 0.2) is 81.9 Å². The zero-order valence-corrected chi connectivity index (χ0v) is 36.9. The molecule has 9 heterocycles. The molecular formula is C46H38N10O13. The molecule has 0 radical (unpaired) electrons. The molecule has 11 rings (SSSR count). The average molecular weight is 939 g/mol. The van der Waals surface area contributed by atoms with Crippen molar-refractivity contribution in [2.75, 3.05) is 27.3 Å². The van der Waals surface area contributed by atoms with Crippen LogP contribution < -0.4 is 41.4 Å². The first-order valence-corrected chi connectivity index (χ1v) is 21.1. The smallest absolute Gasteiger partial charge is 0.322 e. The summed E-state index contributed by atoms with van der Waals surface area (Å²) in [5.74, 6) is -1.41. The highest BCUT2D eigenvalue weighted by atomic mass is 16.5. The van der Waals surface area contributed by atoms with E-state index in [2.05, 4.69) is 41.9 Å². The van der Waals surface area contributed by atoms with Crippen LogP contribution in [0.2, 0.25) is 0 Å². The van der Waals surface area contributed by atoms with E-state index in [-0.39, 0.29) is 66.7 Å². The summed E-state index contributed by atoms with van der Waals surface area (Å²) in [6, 6.07) is 14.6. The number of furan rings is 2. The highest BCUT2D eigenvalue weighted by Crippen LogP contribution is 2.38. The Morgan fingerprint density at radius 1 is 0.623 bits per heavy atom. The lowest BCUT2D eigenvalue weighted by Gasteiger charge is -2.28. The predicted molar refractivity (Wildman–Crippen MR) is 234 cm³/mol. The second-order valence-electron chi connectivity index (χ2n) is 17.0. The van der Waals surface area contributed by atoms with Crippen LogP contribution in [-0.4, -0.2) is 100 Å². The van der Waals surface area contributed by atoms with Crippen molar-refractivity contribution >= 4 is 75.6 Å². The van der Waals surface area contributed by atoms with E-state index in [1.807, 2.05) is 0 Å². The van der Waals surface area contributed by atoms with Crippen molar-refractivity contribution in [3.8, 4) is 11.5 Å². The van der Waals surface area contributed by atoms with Crippen molar-refractivity contribution in [3.05, 3.63) is 118 Å². The molecule has 0 saturated carbocycles. The number of ketones is 1. The minimum Gasteiger partial charge on any atom is -0.497 e. The van der Waals surface area contributed by atoms with E-state index >= 15 is 0 Å². The second kappa shape index (κ2) is 15.7. The number of imide groups is 3. The number of pyridine rings is 2. The lowest BCUT2D eigenvalue weighted by atomic mass is 9.92. The van der Waals surface area contributed by atoms with Crippen molar-refractivity contribution in [1.29, 1.82) is 0 Å². The lowest BCUT2D eigenvalue weighted by Crippen LogP contribution is -2.52. The molecule has 0 bridgehead atoms. The zero-order valence-electron chi connectivity index (χ0n) is 36.9. The van der Waals surface area contributed by atoms with Crippen molar-refractivity contribution < 1.29 is 61.5 Å². The first-order valence-electron chi connectivity index (χ1n) is 21.1. The third-order valence-corrected chi connectivity index (χ3v) is 12.7. The van der Waals surface area contributed by atoms with E-state index in [0.29, 0.717) is 44.5 Å². The Hall–Kier alpha value is -9.15. The van der Waals surface area contributed by atoms with Crippen LogP contribution in [0.1, 0.15) is 73.1 Å². The number of rotatable bonds is 10. The number of hydrogen-bond donors (Lipinski definition) is 6. The molecule has 23 heteroatoms. The van der Waals surface area contributed by atoms with E-state index in [4.69, 9.17) is 18.3 Å². The Morgan fingerprint density at radius 2 is 1.09 bits per heavy atom. The number of benzene rings is 2. The van der Waals surface area contributed by atoms with Gasteiger partial charge in [0.2, 0.25) is 11.4 Å². The zero-order chi connectivity index (χ0) is 48.7. The fraction of sp³-hybridized carbons (Fsp3) is 0.239. The summed E-state index contributed by atoms with van der Waals surface area (Å²) in [5.41, 5.74) is -1.12. The van der Waals surface area contributed by atoms with Crippen molar-refractivity contribution in [3.63, 3.8) is 0 Å². The summed E-state index contributed by atoms with van der Waals surface area (Å²) in [6.07, 6.45) is 2.76. The number of carbonyl (C=O) groups is 9. The van der Waals surface area contributed by atoms with Gasteiger partial charge in [-0.15, -0.1) is 0 Å². The molecule has 69 heavy (non-hydrogen) atoms. The van der Waals surface area contributed by atoms with Gasteiger partial charge in [-0.25, -0.2) is 24.4 Å². The quantitative estimate of drug-likeness (QED) is 0.0849. The summed E-state index contributed by atoms with van der Waals surface area (Å²) < 4.78 is 22.1. The van der Waals surface area contributed by atoms with Gasteiger partial charge in [0.05, 0.1) is 27.3 Å². The minimum absolute atomic E-state index is 0.0573. The number of nitrogens with one attached hydrogen (secondary N) is 6. The Labute approximate surface area is 388 Å². The van der Waals surface area contributed by atoms with E-state index in [0.717, 1.165) is 11.1 Å². The van der Waals surface area contributed by atoms with E-state index in [1.54, 1.807) is 54.6 Å². The van der Waals surface area contributed by atoms with Gasteiger partial charge in [0.25, 0.3) is 29.5 Å². The van der Waals surface area contributed by atoms with Crippen LogP contribution in [0.4, 0.5) is 14.4 Å². The maximum Gasteiger partial charge on any atom is 0.322 e. The highest BCUT2D eigenvalue weighted by molar-refractivity contribution is 6.10. The molecule has 6 aromatic rings. The lowest BCUT2D eigenvalue weighted by molar-refractivity contribution is -0.126. The van der Waals surface area contributed by atoms with E-state index in [1.165, 1.54) is 56.3 Å². The molecule has 0 aliphatic carbocycles. The van der Waals surface area contributed by atoms with Crippen LogP contribution in [0.25, 0.3) is 22.2 Å². The Morgan fingerprint density at radius 3 is 1.52 bits per heavy atom. The molecule has 5 aliphatic rings. The molecule has 4 aromatic heterocycles. The number of Topliss-reactive ketones (excluding diaryl/α,β-unsaturated/α-hetero) is 1. The summed E-state index contributed by atoms with van der Waals surface area (Å²) >= 11 is 0. The Bertz CT molecular complexity index is 3330. The highest BCUT2D eigenvalue weighted by Gasteiger charge is 2.55. The molecule has 0 spiro atoms. The van der Waals surface area contributed by atoms with Gasteiger partial charge in [-0.1, -0.05) is 12.1 Å². The molecule has 11 amide bonds. The number of hydrogen-bond acceptors (Lipinski definition) is 15. The maximum absolute atomic E-state index is 13.2. The Kier molecular flexibility index (Phi) is 9.98. The van der Waals surface area contributed by atoms with Crippen LogP contribution >= 0.6 is 0 Å². The number of aromatic nitrogens is 2. The van der Waals surface area contributed by atoms with Gasteiger partial charge in [-0.05, 0) is 73.5 Å². The molecule has 5 aliphatic heterocycles. The molecule has 2 aromatic carbocycles. The van der Waals surface area contributed by atoms with Gasteiger partial charge in [-0.3, -0.25) is 44.7 Å². The molecular weight excluding hydrogens is 901 g/mol. The minimum atomic E-state index is -1.72. The fourth-order valence-electron chi connectivity index (χ4n) is 8.97. The number of fused-ring (bicyclic) bond motifs is 4. The maximum atomic E-state index is 13.2. The average Bonchev–Trinajstić information content (AvgIpc) is 4.20. The number of ether oxygens (including phenoxy) is 2. The van der Waals surface area contributed by atoms with Gasteiger partial charge in [0.1, 0.15) is 28.6 Å². The summed E-state index contributed by atoms with van der Waals surface area (Å²) in [7, 11) is 3.01. The van der Waals surface area contributed by atoms with Gasteiger partial charge >= 0.3 is 18.1 Å². The third kappa shape index (κ3) is 7.08. The van der Waals surface area contributed by atoms with Gasteiger partial charge in [0.15, 0.2) is 16.9 Å². The second-order valence-corrected chi connectivity index (χ2v) is 17.0. The molecule has 3 fully saturated rings. The van der Waals surface area contributed by atoms with E-state index < -0.39 is 52.4 Å². The van der Waals surface area contributed by atoms with Gasteiger partial charge < -0.3 is 44.1 Å². The SMILES string of the molecule is COc1ccc2c(c1)C(=O)N(C[C@@]1(c3cc4cc(C(C)=O)cnc4o3)NC(=O)NC1=O)C2.COc1ccc2c(c1)C(=O)N(C[C@@]1(c3cc4cc(C5(C)NC(=O)NC5=O)cnc4o3)NC(=O)NC1=O)C2. The molecule has 3 saturated heterocycles. The van der Waals surface area contributed by atoms with Crippen LogP contribution in [0, 0.1) is 0 Å². The predicted octanol–water partition coefficient (Wildman–Crippen LogP) is 2.31. The van der Waals surface area contributed by atoms with Crippen molar-refractivity contribution in [2.45, 2.75) is 43.6 Å². The monoisotopic (exact) mass is 938 g/mol. The first kappa shape index (κ1) is 43.7. The normalized spacial score (nSPS) is 22.4. The van der Waals surface area contributed by atoms with Gasteiger partial charge in [-0.2, -0.15) is 0 Å². The largest absolute Gasteiger partial charge is 0.497 e. The number of methoxy groups -OCH3 is 2. The number of urea groups is 3. The van der Waals surface area contributed by atoms with Crippen LogP contribution in [0.5, 0.6) is 11.5 Å². The number of nitrogens with zero attached hydrogens (tertiary/aromatic N) is 4. The topological polar surface area (TPSA) is 303 Å². The summed E-state index contributed by atoms with van der Waals surface area (Å²) in [5, 5.41) is 15.4.